The molecular formula is C49H71N5O7. The van der Waals surface area contributed by atoms with Crippen LogP contribution in [0, 0.1) is 34.8 Å². The molecule has 11 aliphatic rings. The number of allylic oxidation sites excluding steroid dienone is 1. The van der Waals surface area contributed by atoms with E-state index in [2.05, 4.69) is 26.6 Å². The summed E-state index contributed by atoms with van der Waals surface area (Å²) in [5.74, 6) is 4.68. The van der Waals surface area contributed by atoms with E-state index in [4.69, 9.17) is 9.47 Å². The Morgan fingerprint density at radius 1 is 0.770 bits per heavy atom. The number of phenolic OH excluding ortho intramolecular Hbond substituents is 1. The van der Waals surface area contributed by atoms with Gasteiger partial charge in [0.1, 0.15) is 0 Å². The Bertz CT molecular complexity index is 1900. The minimum absolute atomic E-state index is 0.0205. The number of methoxy groups -OCH3 is 2. The first-order chi connectivity index (χ1) is 29.5. The van der Waals surface area contributed by atoms with Crippen LogP contribution in [-0.2, 0) is 31.0 Å². The fraction of sp³-hybridized carbons (Fsp3) is 0.776. The highest BCUT2D eigenvalue weighted by Gasteiger charge is 2.58. The third-order valence-corrected chi connectivity index (χ3v) is 18.3. The van der Waals surface area contributed by atoms with Gasteiger partial charge in [-0.25, -0.2) is 0 Å². The lowest BCUT2D eigenvalue weighted by molar-refractivity contribution is -0.925. The first-order valence-electron chi connectivity index (χ1n) is 24.3. The van der Waals surface area contributed by atoms with E-state index in [1.54, 1.807) is 14.2 Å². The Labute approximate surface area is 363 Å². The normalized spacial score (nSPS) is 41.0. The second kappa shape index (κ2) is 16.4. The minimum Gasteiger partial charge on any atom is -0.633 e. The summed E-state index contributed by atoms with van der Waals surface area (Å²) in [6.07, 6.45) is 20.1. The van der Waals surface area contributed by atoms with Crippen molar-refractivity contribution in [2.24, 2.45) is 29.6 Å². The number of ether oxygens (including phenoxy) is 2. The summed E-state index contributed by atoms with van der Waals surface area (Å²) in [4.78, 5) is 46.6. The zero-order chi connectivity index (χ0) is 42.2. The van der Waals surface area contributed by atoms with Crippen LogP contribution in [0.2, 0.25) is 0 Å². The first-order valence-corrected chi connectivity index (χ1v) is 24.3. The van der Waals surface area contributed by atoms with E-state index in [1.165, 1.54) is 58.0 Å². The maximum atomic E-state index is 13.1. The Morgan fingerprint density at radius 3 is 2.15 bits per heavy atom. The van der Waals surface area contributed by atoms with Gasteiger partial charge in [-0.05, 0) is 146 Å². The molecule has 12 atom stereocenters. The SMILES string of the molecule is COC1=CC2C3Cc4ccc(OC)c(O)c4[C@]2(CCN3C)CC1=O.O=C1CCCC2C3CCCN4CCCC(CN12)C34.O=C1CCCC2C3CCC[N+]4([O-])CCCC(CN12)C34. The van der Waals surface area contributed by atoms with Gasteiger partial charge in [0, 0.05) is 85.3 Å². The number of amides is 2. The number of likely N-dealkylation sites (tertiary alicyclic amines) is 1. The smallest absolute Gasteiger partial charge is 0.222 e. The van der Waals surface area contributed by atoms with Crippen LogP contribution in [0.25, 0.3) is 0 Å². The number of quaternary nitrogens is 1. The molecule has 12 nitrogen and oxygen atoms in total. The summed E-state index contributed by atoms with van der Waals surface area (Å²) < 4.78 is 10.7. The monoisotopic (exact) mass is 842 g/mol. The van der Waals surface area contributed by atoms with E-state index in [9.17, 15) is 24.7 Å². The number of Topliss-reactive ketones (excluding diaryl/α,β-unsaturated/α-hetero) is 1. The second-order valence-corrected chi connectivity index (χ2v) is 21.0. The summed E-state index contributed by atoms with van der Waals surface area (Å²) in [5.41, 5.74) is 1.68. The molecule has 12 rings (SSSR count). The number of hydrogen-bond donors (Lipinski definition) is 1. The number of ketones is 1. The molecule has 2 amide bonds. The van der Waals surface area contributed by atoms with Gasteiger partial charge in [0.15, 0.2) is 23.0 Å². The number of carbonyl (C=O) groups excluding carboxylic acids is 3. The maximum Gasteiger partial charge on any atom is 0.222 e. The molecule has 334 valence electrons. The lowest BCUT2D eigenvalue weighted by Crippen LogP contribution is -2.71. The Balaban J connectivity index is 0.000000111. The van der Waals surface area contributed by atoms with Crippen molar-refractivity contribution in [3.63, 3.8) is 0 Å². The van der Waals surface area contributed by atoms with Gasteiger partial charge in [-0.2, -0.15) is 0 Å². The van der Waals surface area contributed by atoms with E-state index in [0.29, 0.717) is 65.7 Å². The number of likely N-dealkylation sites (N-methyl/N-ethyl adjacent to an activating group) is 1. The second-order valence-electron chi connectivity index (χ2n) is 21.0. The van der Waals surface area contributed by atoms with Crippen molar-refractivity contribution in [3.05, 3.63) is 40.3 Å². The van der Waals surface area contributed by atoms with Gasteiger partial charge in [-0.3, -0.25) is 19.3 Å². The molecular weight excluding hydrogens is 771 g/mol. The zero-order valence-corrected chi connectivity index (χ0v) is 37.1. The molecule has 0 saturated carbocycles. The fourth-order valence-electron chi connectivity index (χ4n) is 15.8. The largest absolute Gasteiger partial charge is 0.633 e. The van der Waals surface area contributed by atoms with Gasteiger partial charge < -0.3 is 39.1 Å². The van der Waals surface area contributed by atoms with Crippen LogP contribution in [-0.4, -0.2) is 144 Å². The average Bonchev–Trinajstić information content (AvgIpc) is 3.26. The molecule has 61 heavy (non-hydrogen) atoms. The van der Waals surface area contributed by atoms with E-state index in [1.807, 2.05) is 18.2 Å². The molecule has 9 heterocycles. The van der Waals surface area contributed by atoms with Crippen molar-refractivity contribution in [2.45, 2.75) is 145 Å². The predicted octanol–water partition coefficient (Wildman–Crippen LogP) is 5.77. The van der Waals surface area contributed by atoms with Crippen molar-refractivity contribution < 1.29 is 33.6 Å². The first kappa shape index (κ1) is 41.8. The van der Waals surface area contributed by atoms with Gasteiger partial charge in [0.25, 0.3) is 0 Å². The van der Waals surface area contributed by atoms with E-state index in [-0.39, 0.29) is 27.5 Å². The molecule has 0 spiro atoms. The van der Waals surface area contributed by atoms with Gasteiger partial charge in [0.2, 0.25) is 11.8 Å². The van der Waals surface area contributed by atoms with Crippen LogP contribution in [0.3, 0.4) is 0 Å². The number of benzene rings is 1. The van der Waals surface area contributed by atoms with Crippen LogP contribution in [0.1, 0.15) is 114 Å². The zero-order valence-electron chi connectivity index (χ0n) is 37.1. The number of aromatic hydroxyl groups is 1. The summed E-state index contributed by atoms with van der Waals surface area (Å²) in [6, 6.07) is 6.30. The molecule has 9 saturated heterocycles. The highest BCUT2D eigenvalue weighted by molar-refractivity contribution is 5.96. The van der Waals surface area contributed by atoms with Crippen molar-refractivity contribution >= 4 is 17.6 Å². The molecule has 1 N–H and O–H groups in total. The average molecular weight is 842 g/mol. The molecule has 9 fully saturated rings. The molecule has 12 heteroatoms. The summed E-state index contributed by atoms with van der Waals surface area (Å²) in [7, 11) is 5.25. The van der Waals surface area contributed by atoms with Crippen molar-refractivity contribution in [1.29, 1.82) is 0 Å². The standard InChI is InChI=1S/C19H23NO4.C15H24N2O2.C15H24N2O/c1-20-7-6-19-10-14(21)16(24-3)9-12(19)13(20)8-11-4-5-15(23-2)18(22)17(11)19;18-14-7-1-6-13-12-5-3-9-17(19)8-2-4-11(15(12)17)10-16(13)14;18-14-7-1-6-13-12-5-3-9-16-8-2-4-11(15(12)16)10-17(13)14/h4-5,9,12-13,22H,6-8,10H2,1-3H3;11-13,15H,1-10H2;11-13,15H,1-10H2/t12?,13?,19-;;/m1../s1. The Kier molecular flexibility index (Phi) is 11.3. The van der Waals surface area contributed by atoms with Gasteiger partial charge >= 0.3 is 0 Å². The van der Waals surface area contributed by atoms with Gasteiger partial charge in [-0.15, -0.1) is 0 Å². The summed E-state index contributed by atoms with van der Waals surface area (Å²) in [6.45, 7) is 7.17. The molecule has 1 aromatic carbocycles. The van der Waals surface area contributed by atoms with Crippen LogP contribution in [0.15, 0.2) is 24.0 Å². The van der Waals surface area contributed by atoms with Gasteiger partial charge in [-0.1, -0.05) is 6.07 Å². The Morgan fingerprint density at radius 2 is 1.43 bits per heavy atom. The lowest BCUT2D eigenvalue weighted by atomic mass is 9.53. The van der Waals surface area contributed by atoms with Crippen molar-refractivity contribution in [1.82, 2.24) is 19.6 Å². The molecule has 0 aromatic heterocycles. The molecule has 1 aromatic rings. The number of piperidine rings is 9. The number of hydroxylamine groups is 3. The number of carbonyl (C=O) groups is 3. The minimum atomic E-state index is -0.359. The van der Waals surface area contributed by atoms with Crippen LogP contribution in [0.5, 0.6) is 11.5 Å². The number of fused-ring (bicyclic) bond motifs is 5. The third-order valence-electron chi connectivity index (χ3n) is 18.3. The number of nitrogens with zero attached hydrogens (tertiary/aromatic N) is 5. The van der Waals surface area contributed by atoms with E-state index in [0.717, 1.165) is 120 Å². The topological polar surface area (TPSA) is 126 Å². The molecule has 11 unspecified atom stereocenters. The summed E-state index contributed by atoms with van der Waals surface area (Å²) >= 11 is 0. The summed E-state index contributed by atoms with van der Waals surface area (Å²) in [5, 5.41) is 24.0. The number of rotatable bonds is 2. The molecule has 0 radical (unpaired) electrons. The van der Waals surface area contributed by atoms with Gasteiger partial charge in [0.05, 0.1) is 33.4 Å². The maximum absolute atomic E-state index is 13.1. The highest BCUT2D eigenvalue weighted by Crippen LogP contribution is 2.58. The molecule has 2 bridgehead atoms. The van der Waals surface area contributed by atoms with Crippen molar-refractivity contribution in [2.75, 3.05) is 67.1 Å². The lowest BCUT2D eigenvalue weighted by Gasteiger charge is -2.64. The number of phenols is 1. The third kappa shape index (κ3) is 6.94. The quantitative estimate of drug-likeness (QED) is 0.292. The van der Waals surface area contributed by atoms with Crippen LogP contribution in [0.4, 0.5) is 0 Å². The Hall–Kier alpha value is -3.19. The van der Waals surface area contributed by atoms with Crippen LogP contribution >= 0.6 is 0 Å². The molecule has 9 aliphatic heterocycles. The fourth-order valence-corrected chi connectivity index (χ4v) is 15.8. The highest BCUT2D eigenvalue weighted by atomic mass is 16.5. The van der Waals surface area contributed by atoms with Crippen molar-refractivity contribution in [3.8, 4) is 11.5 Å². The molecule has 2 aliphatic carbocycles. The van der Waals surface area contributed by atoms with Crippen LogP contribution < -0.4 is 4.74 Å². The predicted molar refractivity (Wildman–Crippen MR) is 231 cm³/mol. The van der Waals surface area contributed by atoms with E-state index < -0.39 is 0 Å². The van der Waals surface area contributed by atoms with E-state index >= 15 is 0 Å². The number of hydrogen-bond acceptors (Lipinski definition) is 9.